The highest BCUT2D eigenvalue weighted by atomic mass is 32.1. The first kappa shape index (κ1) is 15.3. The number of benzene rings is 1. The second-order valence-electron chi connectivity index (χ2n) is 5.41. The fraction of sp³-hybridized carbons (Fsp3) is 0.444. The molecule has 2 aromatic rings. The molecule has 1 unspecified atom stereocenters. The van der Waals surface area contributed by atoms with Crippen molar-refractivity contribution in [3.8, 4) is 0 Å². The van der Waals surface area contributed by atoms with Crippen molar-refractivity contribution in [2.24, 2.45) is 0 Å². The first-order valence-corrected chi connectivity index (χ1v) is 8.45. The standard InChI is InChI=1S/C18H25NS/c1-4-18(5-2,16-9-7-6-8-10-16)17(19-3)13-15-11-12-20-14-15/h6-12,14,17,19H,4-5,13H2,1-3H3. The first-order chi connectivity index (χ1) is 9.76. The lowest BCUT2D eigenvalue weighted by Gasteiger charge is -2.40. The molecule has 1 N–H and O–H groups in total. The third-order valence-electron chi connectivity index (χ3n) is 4.65. The summed E-state index contributed by atoms with van der Waals surface area (Å²) in [6.45, 7) is 4.63. The van der Waals surface area contributed by atoms with Crippen molar-refractivity contribution in [3.63, 3.8) is 0 Å². The van der Waals surface area contributed by atoms with Crippen molar-refractivity contribution in [1.29, 1.82) is 0 Å². The van der Waals surface area contributed by atoms with Crippen LogP contribution < -0.4 is 5.32 Å². The predicted octanol–water partition coefficient (Wildman–Crippen LogP) is 4.64. The Kier molecular flexibility index (Phi) is 5.38. The summed E-state index contributed by atoms with van der Waals surface area (Å²) < 4.78 is 0. The van der Waals surface area contributed by atoms with Gasteiger partial charge in [0, 0.05) is 11.5 Å². The smallest absolute Gasteiger partial charge is 0.0201 e. The van der Waals surface area contributed by atoms with Crippen molar-refractivity contribution in [2.75, 3.05) is 7.05 Å². The molecule has 1 nitrogen and oxygen atoms in total. The monoisotopic (exact) mass is 287 g/mol. The third-order valence-corrected chi connectivity index (χ3v) is 5.38. The van der Waals surface area contributed by atoms with E-state index in [9.17, 15) is 0 Å². The van der Waals surface area contributed by atoms with Crippen LogP contribution in [0.25, 0.3) is 0 Å². The van der Waals surface area contributed by atoms with Gasteiger partial charge in [-0.25, -0.2) is 0 Å². The zero-order valence-corrected chi connectivity index (χ0v) is 13.5. The van der Waals surface area contributed by atoms with Crippen molar-refractivity contribution in [2.45, 2.75) is 44.6 Å². The second kappa shape index (κ2) is 7.05. The van der Waals surface area contributed by atoms with Gasteiger partial charge < -0.3 is 5.32 Å². The maximum absolute atomic E-state index is 3.59. The fourth-order valence-electron chi connectivity index (χ4n) is 3.34. The van der Waals surface area contributed by atoms with E-state index in [1.807, 2.05) is 0 Å². The molecule has 0 aliphatic heterocycles. The van der Waals surface area contributed by atoms with Crippen LogP contribution in [0.15, 0.2) is 47.2 Å². The van der Waals surface area contributed by atoms with Crippen molar-refractivity contribution >= 4 is 11.3 Å². The minimum Gasteiger partial charge on any atom is -0.316 e. The van der Waals surface area contributed by atoms with Crippen molar-refractivity contribution < 1.29 is 0 Å². The Balaban J connectivity index is 2.34. The molecule has 0 saturated carbocycles. The Labute approximate surface area is 127 Å². The van der Waals surface area contributed by atoms with Crippen LogP contribution in [-0.2, 0) is 11.8 Å². The van der Waals surface area contributed by atoms with Gasteiger partial charge in [-0.1, -0.05) is 44.2 Å². The second-order valence-corrected chi connectivity index (χ2v) is 6.19. The molecular weight excluding hydrogens is 262 g/mol. The molecule has 108 valence electrons. The molecule has 1 atom stereocenters. The topological polar surface area (TPSA) is 12.0 Å². The van der Waals surface area contributed by atoms with Crippen LogP contribution in [0.5, 0.6) is 0 Å². The maximum atomic E-state index is 3.59. The molecule has 0 fully saturated rings. The highest BCUT2D eigenvalue weighted by molar-refractivity contribution is 7.07. The lowest BCUT2D eigenvalue weighted by molar-refractivity contribution is 0.281. The number of likely N-dealkylation sites (N-methyl/N-ethyl adjacent to an activating group) is 1. The molecule has 0 spiro atoms. The van der Waals surface area contributed by atoms with Crippen LogP contribution in [0.3, 0.4) is 0 Å². The van der Waals surface area contributed by atoms with E-state index in [1.165, 1.54) is 11.1 Å². The molecule has 1 aromatic carbocycles. The summed E-state index contributed by atoms with van der Waals surface area (Å²) in [5.41, 5.74) is 3.11. The van der Waals surface area contributed by atoms with Crippen molar-refractivity contribution in [1.82, 2.24) is 5.32 Å². The highest BCUT2D eigenvalue weighted by Crippen LogP contribution is 2.36. The van der Waals surface area contributed by atoms with E-state index < -0.39 is 0 Å². The molecule has 2 rings (SSSR count). The number of rotatable bonds is 7. The van der Waals surface area contributed by atoms with E-state index in [4.69, 9.17) is 0 Å². The van der Waals surface area contributed by atoms with Gasteiger partial charge in [0.15, 0.2) is 0 Å². The highest BCUT2D eigenvalue weighted by Gasteiger charge is 2.36. The molecule has 0 aliphatic rings. The Morgan fingerprint density at radius 2 is 1.80 bits per heavy atom. The van der Waals surface area contributed by atoms with Gasteiger partial charge in [-0.3, -0.25) is 0 Å². The maximum Gasteiger partial charge on any atom is 0.0201 e. The third kappa shape index (κ3) is 2.97. The van der Waals surface area contributed by atoms with Crippen LogP contribution >= 0.6 is 11.3 Å². The van der Waals surface area contributed by atoms with Gasteiger partial charge in [0.2, 0.25) is 0 Å². The SMILES string of the molecule is CCC(CC)(c1ccccc1)C(Cc1ccsc1)NC. The summed E-state index contributed by atoms with van der Waals surface area (Å²) in [4.78, 5) is 0. The number of hydrogen-bond acceptors (Lipinski definition) is 2. The van der Waals surface area contributed by atoms with E-state index in [0.29, 0.717) is 6.04 Å². The molecule has 0 amide bonds. The predicted molar refractivity (Wildman–Crippen MR) is 89.6 cm³/mol. The van der Waals surface area contributed by atoms with E-state index >= 15 is 0 Å². The molecule has 0 radical (unpaired) electrons. The minimum atomic E-state index is 0.206. The Hall–Kier alpha value is -1.12. The van der Waals surface area contributed by atoms with Crippen LogP contribution in [-0.4, -0.2) is 13.1 Å². The average molecular weight is 287 g/mol. The quantitative estimate of drug-likeness (QED) is 0.782. The van der Waals surface area contributed by atoms with E-state index in [2.05, 4.69) is 73.4 Å². The average Bonchev–Trinajstić information content (AvgIpc) is 3.02. The van der Waals surface area contributed by atoms with Crippen LogP contribution in [0.1, 0.15) is 37.8 Å². The zero-order chi connectivity index (χ0) is 14.4. The summed E-state index contributed by atoms with van der Waals surface area (Å²) in [6, 6.07) is 13.7. The normalized spacial score (nSPS) is 13.3. The van der Waals surface area contributed by atoms with E-state index in [-0.39, 0.29) is 5.41 Å². The zero-order valence-electron chi connectivity index (χ0n) is 12.7. The first-order valence-electron chi connectivity index (χ1n) is 7.50. The summed E-state index contributed by atoms with van der Waals surface area (Å²) >= 11 is 1.79. The minimum absolute atomic E-state index is 0.206. The summed E-state index contributed by atoms with van der Waals surface area (Å²) in [5, 5.41) is 8.03. The molecule has 0 bridgehead atoms. The van der Waals surface area contributed by atoms with Crippen LogP contribution in [0.4, 0.5) is 0 Å². The lowest BCUT2D eigenvalue weighted by atomic mass is 9.68. The van der Waals surface area contributed by atoms with Gasteiger partial charge in [0.25, 0.3) is 0 Å². The van der Waals surface area contributed by atoms with Crippen LogP contribution in [0, 0.1) is 0 Å². The van der Waals surface area contributed by atoms with E-state index in [0.717, 1.165) is 19.3 Å². The summed E-state index contributed by atoms with van der Waals surface area (Å²) in [6.07, 6.45) is 3.41. The fourth-order valence-corrected chi connectivity index (χ4v) is 4.02. The Morgan fingerprint density at radius 1 is 1.10 bits per heavy atom. The van der Waals surface area contributed by atoms with E-state index in [1.54, 1.807) is 11.3 Å². The number of thiophene rings is 1. The molecular formula is C18H25NS. The van der Waals surface area contributed by atoms with Gasteiger partial charge in [-0.2, -0.15) is 11.3 Å². The summed E-state index contributed by atoms with van der Waals surface area (Å²) in [5.74, 6) is 0. The van der Waals surface area contributed by atoms with Gasteiger partial charge in [0.05, 0.1) is 0 Å². The number of nitrogens with one attached hydrogen (secondary N) is 1. The van der Waals surface area contributed by atoms with Crippen LogP contribution in [0.2, 0.25) is 0 Å². The van der Waals surface area contributed by atoms with Gasteiger partial charge >= 0.3 is 0 Å². The number of hydrogen-bond donors (Lipinski definition) is 1. The molecule has 20 heavy (non-hydrogen) atoms. The molecule has 1 heterocycles. The Morgan fingerprint density at radius 3 is 2.30 bits per heavy atom. The molecule has 2 heteroatoms. The molecule has 0 aliphatic carbocycles. The van der Waals surface area contributed by atoms with Gasteiger partial charge in [-0.05, 0) is 54.3 Å². The lowest BCUT2D eigenvalue weighted by Crippen LogP contribution is -2.48. The summed E-state index contributed by atoms with van der Waals surface area (Å²) in [7, 11) is 2.10. The largest absolute Gasteiger partial charge is 0.316 e. The van der Waals surface area contributed by atoms with Gasteiger partial charge in [0.1, 0.15) is 0 Å². The van der Waals surface area contributed by atoms with Crippen molar-refractivity contribution in [3.05, 3.63) is 58.3 Å². The molecule has 0 saturated heterocycles. The van der Waals surface area contributed by atoms with Gasteiger partial charge in [-0.15, -0.1) is 0 Å². The molecule has 1 aromatic heterocycles. The Bertz CT molecular complexity index is 485.